The van der Waals surface area contributed by atoms with Crippen molar-refractivity contribution >= 4 is 6.16 Å². The van der Waals surface area contributed by atoms with Crippen molar-refractivity contribution in [2.45, 2.75) is 46.3 Å². The number of carbonyl (C=O) groups excluding carboxylic acids is 1. The summed E-state index contributed by atoms with van der Waals surface area (Å²) in [4.78, 5) is 11.0. The van der Waals surface area contributed by atoms with E-state index >= 15 is 0 Å². The zero-order valence-corrected chi connectivity index (χ0v) is 9.25. The molecule has 0 bridgehead atoms. The Labute approximate surface area is 85.5 Å². The lowest BCUT2D eigenvalue weighted by Crippen LogP contribution is -2.21. The minimum atomic E-state index is -0.640. The van der Waals surface area contributed by atoms with Gasteiger partial charge in [-0.2, -0.15) is 0 Å². The van der Waals surface area contributed by atoms with Crippen molar-refractivity contribution in [3.05, 3.63) is 0 Å². The van der Waals surface area contributed by atoms with Crippen LogP contribution in [0.3, 0.4) is 0 Å². The molecular formula is C10H20O4. The minimum absolute atomic E-state index is 0.415. The van der Waals surface area contributed by atoms with Crippen LogP contribution in [0.15, 0.2) is 0 Å². The highest BCUT2D eigenvalue weighted by molar-refractivity contribution is 5.59. The Morgan fingerprint density at radius 2 is 2.00 bits per heavy atom. The third-order valence-corrected chi connectivity index (χ3v) is 1.63. The zero-order valence-electron chi connectivity index (χ0n) is 9.25. The van der Waals surface area contributed by atoms with Gasteiger partial charge in [0, 0.05) is 13.0 Å². The Balaban J connectivity index is 3.56. The van der Waals surface area contributed by atoms with E-state index in [0.717, 1.165) is 12.8 Å². The summed E-state index contributed by atoms with van der Waals surface area (Å²) < 4.78 is 14.9. The molecule has 14 heavy (non-hydrogen) atoms. The molecule has 0 radical (unpaired) electrons. The second-order valence-electron chi connectivity index (χ2n) is 2.86. The molecule has 1 unspecified atom stereocenters. The first-order valence-electron chi connectivity index (χ1n) is 5.19. The summed E-state index contributed by atoms with van der Waals surface area (Å²) in [5, 5.41) is 0. The van der Waals surface area contributed by atoms with Crippen LogP contribution in [0.4, 0.5) is 4.79 Å². The van der Waals surface area contributed by atoms with Crippen LogP contribution in [-0.2, 0) is 14.2 Å². The highest BCUT2D eigenvalue weighted by Gasteiger charge is 2.12. The number of carbonyl (C=O) groups is 1. The third kappa shape index (κ3) is 6.71. The van der Waals surface area contributed by atoms with Gasteiger partial charge in [-0.05, 0) is 13.3 Å². The van der Waals surface area contributed by atoms with Crippen molar-refractivity contribution in [2.75, 3.05) is 13.2 Å². The molecule has 84 valence electrons. The first-order chi connectivity index (χ1) is 6.74. The average molecular weight is 204 g/mol. The molecule has 0 saturated heterocycles. The van der Waals surface area contributed by atoms with Gasteiger partial charge in [0.15, 0.2) is 0 Å². The van der Waals surface area contributed by atoms with Crippen molar-refractivity contribution in [2.24, 2.45) is 0 Å². The van der Waals surface area contributed by atoms with E-state index in [1.807, 2.05) is 20.8 Å². The summed E-state index contributed by atoms with van der Waals surface area (Å²) in [7, 11) is 0. The Hall–Kier alpha value is -0.770. The fraction of sp³-hybridized carbons (Fsp3) is 0.900. The van der Waals surface area contributed by atoms with Crippen molar-refractivity contribution in [1.29, 1.82) is 0 Å². The second kappa shape index (κ2) is 8.81. The maximum atomic E-state index is 11.0. The van der Waals surface area contributed by atoms with Gasteiger partial charge in [-0.25, -0.2) is 4.79 Å². The van der Waals surface area contributed by atoms with E-state index in [1.54, 1.807) is 0 Å². The van der Waals surface area contributed by atoms with Gasteiger partial charge in [-0.15, -0.1) is 0 Å². The summed E-state index contributed by atoms with van der Waals surface area (Å²) in [5.74, 6) is 0. The summed E-state index contributed by atoms with van der Waals surface area (Å²) in [6.45, 7) is 6.72. The predicted octanol–water partition coefficient (Wildman–Crippen LogP) is 2.71. The monoisotopic (exact) mass is 204 g/mol. The van der Waals surface area contributed by atoms with Crippen LogP contribution >= 0.6 is 0 Å². The van der Waals surface area contributed by atoms with E-state index in [2.05, 4.69) is 0 Å². The molecule has 0 aliphatic rings. The molecule has 1 atom stereocenters. The molecule has 0 aromatic carbocycles. The first kappa shape index (κ1) is 13.2. The molecule has 0 fully saturated rings. The topological polar surface area (TPSA) is 44.8 Å². The van der Waals surface area contributed by atoms with Crippen molar-refractivity contribution in [3.63, 3.8) is 0 Å². The van der Waals surface area contributed by atoms with Crippen LogP contribution in [0.25, 0.3) is 0 Å². The van der Waals surface area contributed by atoms with Gasteiger partial charge in [-0.3, -0.25) is 0 Å². The van der Waals surface area contributed by atoms with Gasteiger partial charge >= 0.3 is 6.16 Å². The minimum Gasteiger partial charge on any atom is -0.434 e. The molecule has 0 aromatic rings. The van der Waals surface area contributed by atoms with Crippen LogP contribution in [0.5, 0.6) is 0 Å². The first-order valence-corrected chi connectivity index (χ1v) is 5.19. The van der Waals surface area contributed by atoms with Crippen LogP contribution in [0.1, 0.15) is 40.0 Å². The van der Waals surface area contributed by atoms with Gasteiger partial charge in [0.1, 0.15) is 0 Å². The number of hydrogen-bond acceptors (Lipinski definition) is 4. The van der Waals surface area contributed by atoms with E-state index < -0.39 is 12.4 Å². The Bertz CT molecular complexity index is 147. The third-order valence-electron chi connectivity index (χ3n) is 1.63. The van der Waals surface area contributed by atoms with Crippen molar-refractivity contribution in [1.82, 2.24) is 0 Å². The molecule has 0 aliphatic heterocycles. The lowest BCUT2D eigenvalue weighted by Gasteiger charge is -2.15. The summed E-state index contributed by atoms with van der Waals surface area (Å²) >= 11 is 0. The number of ether oxygens (including phenoxy) is 3. The number of unbranched alkanes of at least 4 members (excludes halogenated alkanes) is 1. The van der Waals surface area contributed by atoms with E-state index in [0.29, 0.717) is 19.6 Å². The van der Waals surface area contributed by atoms with Gasteiger partial charge in [0.05, 0.1) is 6.61 Å². The maximum Gasteiger partial charge on any atom is 0.510 e. The number of hydrogen-bond donors (Lipinski definition) is 0. The molecule has 0 aromatic heterocycles. The molecule has 0 spiro atoms. The molecule has 0 rings (SSSR count). The standard InChI is InChI=1S/C10H20O4/c1-4-7-8-13-10(11)14-9(5-2)12-6-3/h9H,4-8H2,1-3H3. The molecule has 0 amide bonds. The van der Waals surface area contributed by atoms with E-state index in [9.17, 15) is 4.79 Å². The van der Waals surface area contributed by atoms with Gasteiger partial charge in [-0.1, -0.05) is 20.3 Å². The van der Waals surface area contributed by atoms with Crippen LogP contribution < -0.4 is 0 Å². The second-order valence-corrected chi connectivity index (χ2v) is 2.86. The molecular weight excluding hydrogens is 184 g/mol. The molecule has 0 heterocycles. The fourth-order valence-electron chi connectivity index (χ4n) is 0.862. The van der Waals surface area contributed by atoms with Crippen molar-refractivity contribution in [3.8, 4) is 0 Å². The fourth-order valence-corrected chi connectivity index (χ4v) is 0.862. The van der Waals surface area contributed by atoms with Crippen LogP contribution in [0.2, 0.25) is 0 Å². The largest absolute Gasteiger partial charge is 0.510 e. The summed E-state index contributed by atoms with van der Waals surface area (Å²) in [6, 6.07) is 0. The smallest absolute Gasteiger partial charge is 0.434 e. The average Bonchev–Trinajstić information content (AvgIpc) is 2.17. The summed E-state index contributed by atoms with van der Waals surface area (Å²) in [6.07, 6.45) is 1.38. The van der Waals surface area contributed by atoms with E-state index in [4.69, 9.17) is 14.2 Å². The van der Waals surface area contributed by atoms with Crippen LogP contribution in [-0.4, -0.2) is 25.7 Å². The normalized spacial score (nSPS) is 12.2. The molecule has 0 aliphatic carbocycles. The van der Waals surface area contributed by atoms with E-state index in [-0.39, 0.29) is 0 Å². The molecule has 4 nitrogen and oxygen atoms in total. The predicted molar refractivity (Wildman–Crippen MR) is 53.0 cm³/mol. The highest BCUT2D eigenvalue weighted by Crippen LogP contribution is 2.02. The maximum absolute atomic E-state index is 11.0. The van der Waals surface area contributed by atoms with Crippen LogP contribution in [0, 0.1) is 0 Å². The van der Waals surface area contributed by atoms with Crippen molar-refractivity contribution < 1.29 is 19.0 Å². The molecule has 4 heteroatoms. The quantitative estimate of drug-likeness (QED) is 0.363. The highest BCUT2D eigenvalue weighted by atomic mass is 16.8. The van der Waals surface area contributed by atoms with E-state index in [1.165, 1.54) is 0 Å². The van der Waals surface area contributed by atoms with Gasteiger partial charge < -0.3 is 14.2 Å². The summed E-state index contributed by atoms with van der Waals surface area (Å²) in [5.41, 5.74) is 0. The lowest BCUT2D eigenvalue weighted by molar-refractivity contribution is -0.120. The SMILES string of the molecule is CCCCOC(=O)OC(CC)OCC. The Kier molecular flexibility index (Phi) is 8.33. The molecule has 0 N–H and O–H groups in total. The Morgan fingerprint density at radius 3 is 2.50 bits per heavy atom. The van der Waals surface area contributed by atoms with Gasteiger partial charge in [0.2, 0.25) is 6.29 Å². The Morgan fingerprint density at radius 1 is 1.29 bits per heavy atom. The zero-order chi connectivity index (χ0) is 10.8. The van der Waals surface area contributed by atoms with Gasteiger partial charge in [0.25, 0.3) is 0 Å². The number of rotatable bonds is 7. The molecule has 0 saturated carbocycles. The lowest BCUT2D eigenvalue weighted by atomic mass is 10.4.